The summed E-state index contributed by atoms with van der Waals surface area (Å²) in [7, 11) is 0. The Balaban J connectivity index is 1.92. The number of carbonyl (C=O) groups excluding carboxylic acids is 1. The smallest absolute Gasteiger partial charge is 0.293 e. The SMILES string of the molecule is O=C1CC(c2ccncc2[N+](=O)[O-])O[C@@H]2CCCCC12O. The second-order valence-corrected chi connectivity index (χ2v) is 5.60. The Labute approximate surface area is 121 Å². The van der Waals surface area contributed by atoms with Gasteiger partial charge in [0.15, 0.2) is 5.78 Å². The molecule has 1 N–H and O–H groups in total. The molecule has 2 heterocycles. The van der Waals surface area contributed by atoms with Crippen molar-refractivity contribution in [2.75, 3.05) is 0 Å². The van der Waals surface area contributed by atoms with Crippen LogP contribution in [0.25, 0.3) is 0 Å². The maximum Gasteiger partial charge on any atom is 0.293 e. The van der Waals surface area contributed by atoms with Crippen LogP contribution in [-0.2, 0) is 9.53 Å². The van der Waals surface area contributed by atoms with Gasteiger partial charge in [0.05, 0.1) is 22.7 Å². The highest BCUT2D eigenvalue weighted by atomic mass is 16.6. The molecule has 112 valence electrons. The van der Waals surface area contributed by atoms with Gasteiger partial charge >= 0.3 is 0 Å². The Hall–Kier alpha value is -1.86. The third kappa shape index (κ3) is 2.32. The molecule has 0 radical (unpaired) electrons. The summed E-state index contributed by atoms with van der Waals surface area (Å²) in [6.07, 6.45) is 3.96. The third-order valence-electron chi connectivity index (χ3n) is 4.37. The first-order valence-corrected chi connectivity index (χ1v) is 7.02. The normalized spacial score (nSPS) is 32.5. The fourth-order valence-electron chi connectivity index (χ4n) is 3.22. The zero-order valence-corrected chi connectivity index (χ0v) is 11.4. The Morgan fingerprint density at radius 2 is 2.29 bits per heavy atom. The van der Waals surface area contributed by atoms with E-state index in [2.05, 4.69) is 4.98 Å². The molecule has 0 aromatic carbocycles. The Bertz CT molecular complexity index is 590. The number of pyridine rings is 1. The van der Waals surface area contributed by atoms with Gasteiger partial charge in [-0.3, -0.25) is 19.9 Å². The van der Waals surface area contributed by atoms with Gasteiger partial charge in [-0.25, -0.2) is 0 Å². The van der Waals surface area contributed by atoms with Gasteiger partial charge in [-0.05, 0) is 25.3 Å². The van der Waals surface area contributed by atoms with Crippen LogP contribution in [0.4, 0.5) is 5.69 Å². The number of aromatic nitrogens is 1. The van der Waals surface area contributed by atoms with E-state index in [0.717, 1.165) is 19.0 Å². The predicted octanol–water partition coefficient (Wildman–Crippen LogP) is 1.69. The molecule has 1 aliphatic heterocycles. The van der Waals surface area contributed by atoms with E-state index < -0.39 is 22.7 Å². The number of rotatable bonds is 2. The van der Waals surface area contributed by atoms with Crippen molar-refractivity contribution in [2.24, 2.45) is 0 Å². The van der Waals surface area contributed by atoms with Crippen LogP contribution in [0.1, 0.15) is 43.8 Å². The van der Waals surface area contributed by atoms with Crippen molar-refractivity contribution in [1.82, 2.24) is 4.98 Å². The lowest BCUT2D eigenvalue weighted by Crippen LogP contribution is -2.56. The van der Waals surface area contributed by atoms with Crippen molar-refractivity contribution < 1.29 is 19.6 Å². The van der Waals surface area contributed by atoms with Crippen molar-refractivity contribution in [3.63, 3.8) is 0 Å². The van der Waals surface area contributed by atoms with E-state index in [0.29, 0.717) is 18.4 Å². The molecule has 0 bridgehead atoms. The first-order valence-electron chi connectivity index (χ1n) is 7.02. The number of ether oxygens (including phenoxy) is 1. The average Bonchev–Trinajstić information content (AvgIpc) is 2.48. The molecule has 0 spiro atoms. The van der Waals surface area contributed by atoms with E-state index in [1.807, 2.05) is 0 Å². The third-order valence-corrected chi connectivity index (χ3v) is 4.37. The lowest BCUT2D eigenvalue weighted by Gasteiger charge is -2.44. The number of nitro groups is 1. The van der Waals surface area contributed by atoms with Crippen LogP contribution >= 0.6 is 0 Å². The summed E-state index contributed by atoms with van der Waals surface area (Å²) in [6.45, 7) is 0. The second kappa shape index (κ2) is 5.16. The van der Waals surface area contributed by atoms with Crippen LogP contribution in [0.15, 0.2) is 18.5 Å². The van der Waals surface area contributed by atoms with Crippen LogP contribution < -0.4 is 0 Å². The molecule has 2 aliphatic rings. The summed E-state index contributed by atoms with van der Waals surface area (Å²) in [5, 5.41) is 21.5. The van der Waals surface area contributed by atoms with Crippen molar-refractivity contribution in [3.05, 3.63) is 34.1 Å². The number of ketones is 1. The molecule has 0 amide bonds. The van der Waals surface area contributed by atoms with Gasteiger partial charge in [-0.1, -0.05) is 6.42 Å². The maximum atomic E-state index is 12.3. The summed E-state index contributed by atoms with van der Waals surface area (Å²) < 4.78 is 5.84. The molecule has 3 atom stereocenters. The molecule has 21 heavy (non-hydrogen) atoms. The van der Waals surface area contributed by atoms with E-state index in [9.17, 15) is 20.0 Å². The van der Waals surface area contributed by atoms with Crippen LogP contribution in [0.3, 0.4) is 0 Å². The summed E-state index contributed by atoms with van der Waals surface area (Å²) in [5.74, 6) is -0.283. The summed E-state index contributed by atoms with van der Waals surface area (Å²) >= 11 is 0. The fraction of sp³-hybridized carbons (Fsp3) is 0.571. The van der Waals surface area contributed by atoms with Gasteiger partial charge in [-0.2, -0.15) is 0 Å². The molecule has 3 rings (SSSR count). The molecule has 7 nitrogen and oxygen atoms in total. The summed E-state index contributed by atoms with van der Waals surface area (Å²) in [5.41, 5.74) is -1.23. The number of fused-ring (bicyclic) bond motifs is 1. The number of aliphatic hydroxyl groups is 1. The largest absolute Gasteiger partial charge is 0.379 e. The average molecular weight is 292 g/mol. The molecule has 1 aromatic rings. The topological polar surface area (TPSA) is 103 Å². The highest BCUT2D eigenvalue weighted by molar-refractivity contribution is 5.89. The molecule has 1 aliphatic carbocycles. The van der Waals surface area contributed by atoms with E-state index in [1.54, 1.807) is 0 Å². The van der Waals surface area contributed by atoms with Crippen molar-refractivity contribution in [3.8, 4) is 0 Å². The Kier molecular flexibility index (Phi) is 3.46. The monoisotopic (exact) mass is 292 g/mol. The van der Waals surface area contributed by atoms with Crippen molar-refractivity contribution in [1.29, 1.82) is 0 Å². The molecule has 2 fully saturated rings. The standard InChI is InChI=1S/C14H16N2O5/c17-12-7-11(9-4-6-15-8-10(9)16(19)20)21-13-3-1-2-5-14(12,13)18/h4,6,8,11,13,18H,1-3,5,7H2/t11?,13-,14?/m1/s1. The molecule has 7 heteroatoms. The Morgan fingerprint density at radius 3 is 3.05 bits per heavy atom. The van der Waals surface area contributed by atoms with Crippen LogP contribution in [-0.4, -0.2) is 32.5 Å². The number of Topliss-reactive ketones (excluding diaryl/α,β-unsaturated/α-hetero) is 1. The van der Waals surface area contributed by atoms with E-state index in [1.165, 1.54) is 12.3 Å². The van der Waals surface area contributed by atoms with Crippen LogP contribution in [0, 0.1) is 10.1 Å². The fourth-order valence-corrected chi connectivity index (χ4v) is 3.22. The first-order chi connectivity index (χ1) is 10.0. The van der Waals surface area contributed by atoms with E-state index in [4.69, 9.17) is 4.74 Å². The second-order valence-electron chi connectivity index (χ2n) is 5.60. The minimum Gasteiger partial charge on any atom is -0.379 e. The molecule has 1 saturated carbocycles. The molecular formula is C14H16N2O5. The number of carbonyl (C=O) groups is 1. The minimum atomic E-state index is -1.42. The lowest BCUT2D eigenvalue weighted by molar-refractivity contribution is -0.386. The van der Waals surface area contributed by atoms with Gasteiger partial charge < -0.3 is 9.84 Å². The lowest BCUT2D eigenvalue weighted by atomic mass is 9.75. The highest BCUT2D eigenvalue weighted by Gasteiger charge is 2.51. The summed E-state index contributed by atoms with van der Waals surface area (Å²) in [4.78, 5) is 26.6. The van der Waals surface area contributed by atoms with E-state index in [-0.39, 0.29) is 17.9 Å². The Morgan fingerprint density at radius 1 is 1.48 bits per heavy atom. The summed E-state index contributed by atoms with van der Waals surface area (Å²) in [6, 6.07) is 1.50. The highest BCUT2D eigenvalue weighted by Crippen LogP contribution is 2.43. The van der Waals surface area contributed by atoms with Gasteiger partial charge in [0, 0.05) is 12.6 Å². The number of nitrogens with zero attached hydrogens (tertiary/aromatic N) is 2. The van der Waals surface area contributed by atoms with E-state index >= 15 is 0 Å². The van der Waals surface area contributed by atoms with Crippen LogP contribution in [0.2, 0.25) is 0 Å². The van der Waals surface area contributed by atoms with Gasteiger partial charge in [0.1, 0.15) is 11.8 Å². The van der Waals surface area contributed by atoms with Gasteiger partial charge in [0.25, 0.3) is 5.69 Å². The number of hydrogen-bond acceptors (Lipinski definition) is 6. The van der Waals surface area contributed by atoms with Gasteiger partial charge in [0.2, 0.25) is 0 Å². The minimum absolute atomic E-state index is 0.0438. The van der Waals surface area contributed by atoms with Crippen molar-refractivity contribution in [2.45, 2.75) is 49.9 Å². The maximum absolute atomic E-state index is 12.3. The van der Waals surface area contributed by atoms with Crippen molar-refractivity contribution >= 4 is 11.5 Å². The molecular weight excluding hydrogens is 276 g/mol. The molecule has 1 aromatic heterocycles. The van der Waals surface area contributed by atoms with Gasteiger partial charge in [-0.15, -0.1) is 0 Å². The first kappa shape index (κ1) is 14.1. The predicted molar refractivity (Wildman–Crippen MR) is 71.5 cm³/mol. The quantitative estimate of drug-likeness (QED) is 0.657. The zero-order chi connectivity index (χ0) is 15.0. The van der Waals surface area contributed by atoms with Crippen LogP contribution in [0.5, 0.6) is 0 Å². The zero-order valence-electron chi connectivity index (χ0n) is 11.4. The molecule has 2 unspecified atom stereocenters. The molecule has 1 saturated heterocycles. The number of hydrogen-bond donors (Lipinski definition) is 1.